The summed E-state index contributed by atoms with van der Waals surface area (Å²) in [4.78, 5) is 26.5. The van der Waals surface area contributed by atoms with Gasteiger partial charge in [0.1, 0.15) is 11.9 Å². The summed E-state index contributed by atoms with van der Waals surface area (Å²) in [7, 11) is 0. The molecule has 164 valence electrons. The number of nitrogens with one attached hydrogen (secondary N) is 1. The Labute approximate surface area is 193 Å². The summed E-state index contributed by atoms with van der Waals surface area (Å²) < 4.78 is 1.74. The normalized spacial score (nSPS) is 24.0. The van der Waals surface area contributed by atoms with E-state index in [2.05, 4.69) is 10.4 Å². The fourth-order valence-electron chi connectivity index (χ4n) is 4.70. The van der Waals surface area contributed by atoms with Crippen LogP contribution in [0.3, 0.4) is 0 Å². The second-order valence-electron chi connectivity index (χ2n) is 8.05. The number of carbonyl (C=O) groups is 1. The molecule has 0 bridgehead atoms. The topological polar surface area (TPSA) is 93.3 Å². The number of carbonyl (C=O) groups excluding carboxylic acids is 1. The monoisotopic (exact) mass is 471 g/mol. The number of halogens is 2. The maximum Gasteiger partial charge on any atom is 0.267 e. The molecule has 32 heavy (non-hydrogen) atoms. The molecule has 3 atom stereocenters. The molecule has 2 aromatic rings. The molecule has 1 amide bonds. The number of aromatic nitrogens is 2. The van der Waals surface area contributed by atoms with Crippen LogP contribution >= 0.6 is 23.2 Å². The molecule has 3 heterocycles. The Balaban J connectivity index is 1.57. The first-order valence-corrected chi connectivity index (χ1v) is 10.9. The third kappa shape index (κ3) is 3.30. The molecule has 1 N–H and O–H groups in total. The standard InChI is InChI=1S/C22H19Cl2N5O3/c1-12-20(22(30)27-9-7-13-2-4-15(29(31)32)11-18(13)27)21(28-19(26-12)6-8-25-28)14-3-5-16(23)17(24)10-14/h2-6,8,10-11,13,18,21,26H,7,9H2,1H3. The molecule has 1 fully saturated rings. The largest absolute Gasteiger partial charge is 0.344 e. The quantitative estimate of drug-likeness (QED) is 0.527. The van der Waals surface area contributed by atoms with Crippen LogP contribution in [0, 0.1) is 16.0 Å². The van der Waals surface area contributed by atoms with E-state index in [0.29, 0.717) is 27.9 Å². The molecule has 1 saturated heterocycles. The minimum absolute atomic E-state index is 0.00816. The van der Waals surface area contributed by atoms with Crippen LogP contribution in [0.2, 0.25) is 10.0 Å². The molecule has 10 heteroatoms. The third-order valence-electron chi connectivity index (χ3n) is 6.23. The predicted molar refractivity (Wildman–Crippen MR) is 121 cm³/mol. The van der Waals surface area contributed by atoms with E-state index in [9.17, 15) is 14.9 Å². The van der Waals surface area contributed by atoms with Gasteiger partial charge in [-0.1, -0.05) is 35.3 Å². The summed E-state index contributed by atoms with van der Waals surface area (Å²) in [5.74, 6) is 0.628. The lowest BCUT2D eigenvalue weighted by Crippen LogP contribution is -2.42. The Kier molecular flexibility index (Phi) is 5.06. The lowest BCUT2D eigenvalue weighted by molar-refractivity contribution is -0.419. The molecule has 1 aliphatic carbocycles. The first-order chi connectivity index (χ1) is 15.3. The number of fused-ring (bicyclic) bond motifs is 2. The summed E-state index contributed by atoms with van der Waals surface area (Å²) in [5.41, 5.74) is 2.00. The van der Waals surface area contributed by atoms with Gasteiger partial charge in [0, 0.05) is 36.4 Å². The summed E-state index contributed by atoms with van der Waals surface area (Å²) in [6, 6.07) is 6.23. The number of likely N-dealkylation sites (tertiary alicyclic amines) is 1. The number of allylic oxidation sites excluding steroid dienone is 2. The van der Waals surface area contributed by atoms with Gasteiger partial charge in [0.05, 0.1) is 32.8 Å². The molecule has 1 aromatic carbocycles. The smallest absolute Gasteiger partial charge is 0.267 e. The first-order valence-electron chi connectivity index (χ1n) is 10.2. The molecule has 0 radical (unpaired) electrons. The minimum Gasteiger partial charge on any atom is -0.344 e. The van der Waals surface area contributed by atoms with Gasteiger partial charge in [-0.25, -0.2) is 4.68 Å². The van der Waals surface area contributed by atoms with Crippen LogP contribution in [0.5, 0.6) is 0 Å². The van der Waals surface area contributed by atoms with E-state index in [1.165, 1.54) is 6.08 Å². The van der Waals surface area contributed by atoms with Gasteiger partial charge in [-0.05, 0) is 31.0 Å². The fourth-order valence-corrected chi connectivity index (χ4v) is 5.01. The van der Waals surface area contributed by atoms with Crippen LogP contribution in [-0.4, -0.2) is 38.1 Å². The second-order valence-corrected chi connectivity index (χ2v) is 8.86. The zero-order valence-electron chi connectivity index (χ0n) is 17.0. The van der Waals surface area contributed by atoms with E-state index < -0.39 is 11.0 Å². The van der Waals surface area contributed by atoms with Gasteiger partial charge in [-0.15, -0.1) is 0 Å². The number of benzene rings is 1. The first kappa shape index (κ1) is 20.8. The zero-order valence-corrected chi connectivity index (χ0v) is 18.5. The highest BCUT2D eigenvalue weighted by Crippen LogP contribution is 2.40. The van der Waals surface area contributed by atoms with Gasteiger partial charge in [0.25, 0.3) is 11.6 Å². The summed E-state index contributed by atoms with van der Waals surface area (Å²) in [6.45, 7) is 2.36. The molecule has 2 aliphatic heterocycles. The summed E-state index contributed by atoms with van der Waals surface area (Å²) in [6.07, 6.45) is 7.35. The van der Waals surface area contributed by atoms with Gasteiger partial charge in [0.2, 0.25) is 0 Å². The number of nitrogens with zero attached hydrogens (tertiary/aromatic N) is 4. The minimum atomic E-state index is -0.513. The Morgan fingerprint density at radius 1 is 1.28 bits per heavy atom. The molecule has 1 aromatic heterocycles. The summed E-state index contributed by atoms with van der Waals surface area (Å²) in [5, 5.41) is 19.8. The summed E-state index contributed by atoms with van der Waals surface area (Å²) >= 11 is 12.4. The van der Waals surface area contributed by atoms with Crippen LogP contribution in [0.25, 0.3) is 0 Å². The van der Waals surface area contributed by atoms with Crippen molar-refractivity contribution in [2.45, 2.75) is 25.4 Å². The Bertz CT molecular complexity index is 1230. The van der Waals surface area contributed by atoms with Crippen LogP contribution in [-0.2, 0) is 4.79 Å². The van der Waals surface area contributed by atoms with Crippen LogP contribution in [0.15, 0.2) is 65.7 Å². The van der Waals surface area contributed by atoms with Crippen molar-refractivity contribution in [3.63, 3.8) is 0 Å². The number of amides is 1. The van der Waals surface area contributed by atoms with Gasteiger partial charge in [-0.3, -0.25) is 14.9 Å². The van der Waals surface area contributed by atoms with Crippen LogP contribution in [0.1, 0.15) is 24.9 Å². The number of rotatable bonds is 3. The number of nitro groups is 1. The third-order valence-corrected chi connectivity index (χ3v) is 6.97. The van der Waals surface area contributed by atoms with Gasteiger partial charge < -0.3 is 10.2 Å². The van der Waals surface area contributed by atoms with Crippen LogP contribution in [0.4, 0.5) is 5.82 Å². The molecule has 3 unspecified atom stereocenters. The average Bonchev–Trinajstić information content (AvgIpc) is 3.40. The number of hydrogen-bond donors (Lipinski definition) is 1. The average molecular weight is 472 g/mol. The zero-order chi connectivity index (χ0) is 22.6. The van der Waals surface area contributed by atoms with Crippen LogP contribution < -0.4 is 5.32 Å². The van der Waals surface area contributed by atoms with E-state index in [1.807, 2.05) is 25.1 Å². The fraction of sp³-hybridized carbons (Fsp3) is 0.273. The lowest BCUT2D eigenvalue weighted by Gasteiger charge is -2.34. The lowest BCUT2D eigenvalue weighted by atomic mass is 9.92. The number of anilines is 1. The molecule has 8 nitrogen and oxygen atoms in total. The van der Waals surface area contributed by atoms with Crippen molar-refractivity contribution in [3.8, 4) is 0 Å². The molecular weight excluding hydrogens is 453 g/mol. The molecule has 0 saturated carbocycles. The van der Waals surface area contributed by atoms with Crippen molar-refractivity contribution < 1.29 is 9.72 Å². The Morgan fingerprint density at radius 2 is 2.09 bits per heavy atom. The van der Waals surface area contributed by atoms with E-state index in [-0.39, 0.29) is 23.6 Å². The Morgan fingerprint density at radius 3 is 2.84 bits per heavy atom. The highest BCUT2D eigenvalue weighted by Gasteiger charge is 2.42. The highest BCUT2D eigenvalue weighted by molar-refractivity contribution is 6.42. The number of hydrogen-bond acceptors (Lipinski definition) is 5. The maximum atomic E-state index is 13.9. The van der Waals surface area contributed by atoms with Crippen molar-refractivity contribution in [2.24, 2.45) is 5.92 Å². The van der Waals surface area contributed by atoms with Crippen molar-refractivity contribution in [2.75, 3.05) is 11.9 Å². The molecular formula is C22H19Cl2N5O3. The van der Waals surface area contributed by atoms with Crippen molar-refractivity contribution in [1.82, 2.24) is 14.7 Å². The second kappa shape index (κ2) is 7.79. The molecule has 5 rings (SSSR count). The van der Waals surface area contributed by atoms with E-state index in [1.54, 1.807) is 34.0 Å². The molecule has 3 aliphatic rings. The van der Waals surface area contributed by atoms with Gasteiger partial charge in [0.15, 0.2) is 0 Å². The van der Waals surface area contributed by atoms with Crippen molar-refractivity contribution >= 4 is 34.9 Å². The van der Waals surface area contributed by atoms with E-state index in [4.69, 9.17) is 23.2 Å². The van der Waals surface area contributed by atoms with Gasteiger partial charge in [-0.2, -0.15) is 5.10 Å². The highest BCUT2D eigenvalue weighted by atomic mass is 35.5. The van der Waals surface area contributed by atoms with E-state index >= 15 is 0 Å². The van der Waals surface area contributed by atoms with E-state index in [0.717, 1.165) is 17.8 Å². The van der Waals surface area contributed by atoms with Crippen molar-refractivity contribution in [3.05, 3.63) is 91.4 Å². The van der Waals surface area contributed by atoms with Crippen molar-refractivity contribution in [1.29, 1.82) is 0 Å². The Hall–Kier alpha value is -3.10. The SMILES string of the molecule is CC1=C(C(=O)N2CCC3C=CC([N+](=O)[O-])=CC32)C(c2ccc(Cl)c(Cl)c2)n2nccc2N1. The predicted octanol–water partition coefficient (Wildman–Crippen LogP) is 4.43. The maximum absolute atomic E-state index is 13.9. The molecule has 0 spiro atoms. The van der Waals surface area contributed by atoms with Gasteiger partial charge >= 0.3 is 0 Å².